The Morgan fingerprint density at radius 3 is 2.33 bits per heavy atom. The molecule has 0 unspecified atom stereocenters. The molecule has 1 nitrogen and oxygen atoms in total. The monoisotopic (exact) mass is 389 g/mol. The van der Waals surface area contributed by atoms with Gasteiger partial charge in [0.2, 0.25) is 0 Å². The summed E-state index contributed by atoms with van der Waals surface area (Å²) in [5, 5.41) is 2.49. The minimum Gasteiger partial charge on any atom is -0.309 e. The van der Waals surface area contributed by atoms with Crippen LogP contribution in [0.5, 0.6) is 0 Å². The first-order chi connectivity index (χ1) is 14.5. The van der Waals surface area contributed by atoms with Crippen molar-refractivity contribution in [1.82, 2.24) is 4.57 Å². The van der Waals surface area contributed by atoms with E-state index in [2.05, 4.69) is 104 Å². The van der Waals surface area contributed by atoms with Gasteiger partial charge in [0.15, 0.2) is 0 Å². The lowest BCUT2D eigenvalue weighted by Crippen LogP contribution is -1.94. The fourth-order valence-electron chi connectivity index (χ4n) is 4.12. The van der Waals surface area contributed by atoms with Crippen LogP contribution in [-0.2, 0) is 0 Å². The number of allylic oxidation sites excluding steroid dienone is 6. The molecular formula is C29H27N. The smallest absolute Gasteiger partial charge is 0.0541 e. The van der Waals surface area contributed by atoms with Crippen molar-refractivity contribution in [1.29, 1.82) is 0 Å². The van der Waals surface area contributed by atoms with E-state index in [0.717, 1.165) is 11.3 Å². The molecule has 4 rings (SSSR count). The maximum absolute atomic E-state index is 4.14. The first-order valence-corrected chi connectivity index (χ1v) is 10.3. The summed E-state index contributed by atoms with van der Waals surface area (Å²) in [6.07, 6.45) is 8.11. The molecule has 3 aromatic carbocycles. The number of aryl methyl sites for hydroxylation is 1. The lowest BCUT2D eigenvalue weighted by Gasteiger charge is -2.10. The third kappa shape index (κ3) is 3.33. The third-order valence-electron chi connectivity index (χ3n) is 5.63. The van der Waals surface area contributed by atoms with Gasteiger partial charge in [-0.3, -0.25) is 0 Å². The maximum atomic E-state index is 4.14. The normalized spacial score (nSPS) is 12.2. The van der Waals surface area contributed by atoms with Gasteiger partial charge in [0.1, 0.15) is 0 Å². The van der Waals surface area contributed by atoms with Crippen LogP contribution < -0.4 is 0 Å². The molecule has 1 heteroatoms. The lowest BCUT2D eigenvalue weighted by atomic mass is 9.96. The Kier molecular flexibility index (Phi) is 5.29. The van der Waals surface area contributed by atoms with Crippen LogP contribution in [0.25, 0.3) is 44.2 Å². The molecule has 0 atom stereocenters. The van der Waals surface area contributed by atoms with Crippen LogP contribution >= 0.6 is 0 Å². The summed E-state index contributed by atoms with van der Waals surface area (Å²) in [6, 6.07) is 21.9. The molecule has 0 saturated heterocycles. The average molecular weight is 390 g/mol. The molecule has 0 spiro atoms. The Hall–Kier alpha value is -3.58. The average Bonchev–Trinajstić information content (AvgIpc) is 3.08. The van der Waals surface area contributed by atoms with Gasteiger partial charge in [-0.1, -0.05) is 67.3 Å². The first kappa shape index (κ1) is 19.7. The zero-order valence-electron chi connectivity index (χ0n) is 17.9. The van der Waals surface area contributed by atoms with Crippen molar-refractivity contribution in [2.45, 2.75) is 20.8 Å². The summed E-state index contributed by atoms with van der Waals surface area (Å²) in [5.74, 6) is 0. The summed E-state index contributed by atoms with van der Waals surface area (Å²) in [6.45, 7) is 14.4. The predicted octanol–water partition coefficient (Wildman–Crippen LogP) is 8.41. The Balaban J connectivity index is 1.99. The quantitative estimate of drug-likeness (QED) is 0.302. The number of para-hydroxylation sites is 1. The van der Waals surface area contributed by atoms with E-state index >= 15 is 0 Å². The standard InChI is InChI=1S/C29H27N/c1-6-8-11-24(7-2)30-28-13-10-9-12-25(28)27-19-23(16-17-29(27)30)22-15-14-21(5)26(18-22)20(3)4/h6-19H,2-3H2,1,4-5H3/b8-6-,24-11+. The number of rotatable bonds is 5. The molecule has 0 aliphatic rings. The van der Waals surface area contributed by atoms with Crippen molar-refractivity contribution in [2.75, 3.05) is 0 Å². The molecule has 1 aromatic heterocycles. The molecule has 0 radical (unpaired) electrons. The minimum atomic E-state index is 1.06. The van der Waals surface area contributed by atoms with Crippen LogP contribution in [-0.4, -0.2) is 4.57 Å². The molecule has 30 heavy (non-hydrogen) atoms. The van der Waals surface area contributed by atoms with Gasteiger partial charge in [-0.05, 0) is 79.4 Å². The van der Waals surface area contributed by atoms with E-state index in [1.165, 1.54) is 44.1 Å². The van der Waals surface area contributed by atoms with E-state index < -0.39 is 0 Å². The van der Waals surface area contributed by atoms with Gasteiger partial charge in [0.25, 0.3) is 0 Å². The highest BCUT2D eigenvalue weighted by Crippen LogP contribution is 2.35. The van der Waals surface area contributed by atoms with Gasteiger partial charge in [0, 0.05) is 16.5 Å². The van der Waals surface area contributed by atoms with E-state index in [9.17, 15) is 0 Å². The van der Waals surface area contributed by atoms with Crippen LogP contribution in [0.3, 0.4) is 0 Å². The molecule has 4 aromatic rings. The number of benzene rings is 3. The van der Waals surface area contributed by atoms with Crippen molar-refractivity contribution < 1.29 is 0 Å². The summed E-state index contributed by atoms with van der Waals surface area (Å²) >= 11 is 0. The molecular weight excluding hydrogens is 362 g/mol. The number of fused-ring (bicyclic) bond motifs is 3. The predicted molar refractivity (Wildman–Crippen MR) is 134 cm³/mol. The molecule has 0 saturated carbocycles. The second kappa shape index (κ2) is 8.04. The van der Waals surface area contributed by atoms with Crippen molar-refractivity contribution in [3.8, 4) is 11.1 Å². The largest absolute Gasteiger partial charge is 0.309 e. The molecule has 0 aliphatic carbocycles. The van der Waals surface area contributed by atoms with Crippen molar-refractivity contribution in [3.05, 3.63) is 109 Å². The summed E-state index contributed by atoms with van der Waals surface area (Å²) in [4.78, 5) is 0. The van der Waals surface area contributed by atoms with Crippen LogP contribution in [0, 0.1) is 6.92 Å². The number of aromatic nitrogens is 1. The van der Waals surface area contributed by atoms with E-state index in [0.29, 0.717) is 0 Å². The number of hydrogen-bond donors (Lipinski definition) is 0. The van der Waals surface area contributed by atoms with Gasteiger partial charge < -0.3 is 4.57 Å². The number of nitrogens with zero attached hydrogens (tertiary/aromatic N) is 1. The summed E-state index contributed by atoms with van der Waals surface area (Å²) in [5.41, 5.74) is 9.43. The Bertz CT molecular complexity index is 1340. The zero-order valence-corrected chi connectivity index (χ0v) is 17.9. The number of hydrogen-bond acceptors (Lipinski definition) is 0. The van der Waals surface area contributed by atoms with Crippen LogP contribution in [0.15, 0.2) is 98.1 Å². The Morgan fingerprint density at radius 1 is 0.900 bits per heavy atom. The highest BCUT2D eigenvalue weighted by molar-refractivity contribution is 6.11. The first-order valence-electron chi connectivity index (χ1n) is 10.3. The summed E-state index contributed by atoms with van der Waals surface area (Å²) < 4.78 is 2.29. The minimum absolute atomic E-state index is 1.06. The topological polar surface area (TPSA) is 4.93 Å². The van der Waals surface area contributed by atoms with E-state index in [-0.39, 0.29) is 0 Å². The van der Waals surface area contributed by atoms with Gasteiger partial charge in [-0.15, -0.1) is 0 Å². The van der Waals surface area contributed by atoms with Crippen molar-refractivity contribution in [3.63, 3.8) is 0 Å². The fourth-order valence-corrected chi connectivity index (χ4v) is 4.12. The molecule has 0 amide bonds. The van der Waals surface area contributed by atoms with Crippen molar-refractivity contribution >= 4 is 33.1 Å². The van der Waals surface area contributed by atoms with Crippen LogP contribution in [0.1, 0.15) is 25.0 Å². The van der Waals surface area contributed by atoms with Gasteiger partial charge in [0.05, 0.1) is 11.0 Å². The lowest BCUT2D eigenvalue weighted by molar-refractivity contribution is 1.24. The van der Waals surface area contributed by atoms with E-state index in [4.69, 9.17) is 0 Å². The molecule has 0 aliphatic heterocycles. The van der Waals surface area contributed by atoms with E-state index in [1.807, 2.05) is 19.1 Å². The second-order valence-electron chi connectivity index (χ2n) is 7.72. The van der Waals surface area contributed by atoms with Gasteiger partial charge in [-0.25, -0.2) is 0 Å². The SMILES string of the molecule is C=C/C(=C\C=C/C)n1c2ccccc2c2cc(-c3ccc(C)c(C(=C)C)c3)ccc21. The molecule has 0 fully saturated rings. The fraction of sp³-hybridized carbons (Fsp3) is 0.103. The Morgan fingerprint density at radius 2 is 1.60 bits per heavy atom. The molecule has 0 bridgehead atoms. The van der Waals surface area contributed by atoms with Crippen LogP contribution in [0.4, 0.5) is 0 Å². The molecule has 0 N–H and O–H groups in total. The second-order valence-corrected chi connectivity index (χ2v) is 7.72. The maximum Gasteiger partial charge on any atom is 0.0541 e. The molecule has 148 valence electrons. The summed E-state index contributed by atoms with van der Waals surface area (Å²) in [7, 11) is 0. The van der Waals surface area contributed by atoms with Gasteiger partial charge in [-0.2, -0.15) is 0 Å². The zero-order chi connectivity index (χ0) is 21.3. The molecule has 1 heterocycles. The third-order valence-corrected chi connectivity index (χ3v) is 5.63. The highest BCUT2D eigenvalue weighted by Gasteiger charge is 2.13. The van der Waals surface area contributed by atoms with Gasteiger partial charge >= 0.3 is 0 Å². The Labute approximate surface area is 179 Å². The van der Waals surface area contributed by atoms with Crippen molar-refractivity contribution in [2.24, 2.45) is 0 Å². The van der Waals surface area contributed by atoms with Crippen LogP contribution in [0.2, 0.25) is 0 Å². The highest BCUT2D eigenvalue weighted by atomic mass is 15.0. The van der Waals surface area contributed by atoms with E-state index in [1.54, 1.807) is 0 Å².